The van der Waals surface area contributed by atoms with Crippen LogP contribution in [0.5, 0.6) is 0 Å². The molecule has 0 saturated carbocycles. The lowest BCUT2D eigenvalue weighted by Crippen LogP contribution is -2.17. The predicted molar refractivity (Wildman–Crippen MR) is 79.9 cm³/mol. The lowest BCUT2D eigenvalue weighted by molar-refractivity contribution is -0.117. The van der Waals surface area contributed by atoms with Gasteiger partial charge in [-0.05, 0) is 12.1 Å². The standard InChI is InChI=1S/C16H12N6O/c17-6-10-2-1-3-11(4-10)16-12-7-22(9-18)8-13(12)20-15(21-16)5-14(19)23/h1-4H,5,7-8H2,(H2,19,23). The van der Waals surface area contributed by atoms with Crippen molar-refractivity contribution in [1.82, 2.24) is 14.9 Å². The van der Waals surface area contributed by atoms with Crippen LogP contribution in [-0.4, -0.2) is 20.8 Å². The SMILES string of the molecule is N#Cc1cccc(-c2nc(CC(N)=O)nc3c2CN(C#N)C3)c1. The number of amides is 1. The largest absolute Gasteiger partial charge is 0.369 e. The predicted octanol–water partition coefficient (Wildman–Crippen LogP) is 0.840. The van der Waals surface area contributed by atoms with Crippen LogP contribution < -0.4 is 5.73 Å². The topological polar surface area (TPSA) is 120 Å². The number of rotatable bonds is 3. The Hall–Kier alpha value is -3.45. The summed E-state index contributed by atoms with van der Waals surface area (Å²) < 4.78 is 0. The van der Waals surface area contributed by atoms with E-state index >= 15 is 0 Å². The maximum Gasteiger partial charge on any atom is 0.225 e. The normalized spacial score (nSPS) is 12.3. The summed E-state index contributed by atoms with van der Waals surface area (Å²) in [5.41, 5.74) is 8.71. The Morgan fingerprint density at radius 3 is 2.83 bits per heavy atom. The van der Waals surface area contributed by atoms with Crippen LogP contribution in [0.25, 0.3) is 11.3 Å². The molecule has 0 bridgehead atoms. The second kappa shape index (κ2) is 5.74. The van der Waals surface area contributed by atoms with Gasteiger partial charge in [0.1, 0.15) is 5.82 Å². The van der Waals surface area contributed by atoms with Gasteiger partial charge in [0.15, 0.2) is 6.19 Å². The zero-order chi connectivity index (χ0) is 16.4. The van der Waals surface area contributed by atoms with E-state index < -0.39 is 5.91 Å². The molecular weight excluding hydrogens is 292 g/mol. The monoisotopic (exact) mass is 304 g/mol. The van der Waals surface area contributed by atoms with E-state index in [4.69, 9.17) is 16.3 Å². The van der Waals surface area contributed by atoms with Crippen molar-refractivity contribution >= 4 is 5.91 Å². The van der Waals surface area contributed by atoms with Gasteiger partial charge in [-0.15, -0.1) is 0 Å². The number of benzene rings is 1. The Labute approximate surface area is 132 Å². The molecule has 0 saturated heterocycles. The molecule has 0 aliphatic carbocycles. The number of nitriles is 2. The highest BCUT2D eigenvalue weighted by molar-refractivity contribution is 5.76. The second-order valence-electron chi connectivity index (χ2n) is 5.21. The van der Waals surface area contributed by atoms with Crippen molar-refractivity contribution in [2.45, 2.75) is 19.5 Å². The van der Waals surface area contributed by atoms with Crippen molar-refractivity contribution in [2.24, 2.45) is 5.73 Å². The third-order valence-electron chi connectivity index (χ3n) is 3.57. The number of hydrogen-bond acceptors (Lipinski definition) is 6. The number of carbonyl (C=O) groups excluding carboxylic acids is 1. The van der Waals surface area contributed by atoms with Crippen molar-refractivity contribution in [2.75, 3.05) is 0 Å². The minimum atomic E-state index is -0.517. The zero-order valence-corrected chi connectivity index (χ0v) is 12.2. The molecule has 2 heterocycles. The summed E-state index contributed by atoms with van der Waals surface area (Å²) in [7, 11) is 0. The molecule has 1 aromatic heterocycles. The van der Waals surface area contributed by atoms with Crippen LogP contribution in [0.1, 0.15) is 22.6 Å². The third kappa shape index (κ3) is 2.81. The van der Waals surface area contributed by atoms with E-state index in [0.29, 0.717) is 30.2 Å². The minimum absolute atomic E-state index is 0.0647. The molecule has 1 aromatic carbocycles. The van der Waals surface area contributed by atoms with E-state index in [1.165, 1.54) is 0 Å². The number of nitrogens with zero attached hydrogens (tertiary/aromatic N) is 5. The molecule has 1 aliphatic rings. The molecule has 0 atom stereocenters. The summed E-state index contributed by atoms with van der Waals surface area (Å²) in [6.07, 6.45) is 2.03. The van der Waals surface area contributed by atoms with Gasteiger partial charge in [-0.3, -0.25) is 4.79 Å². The molecule has 2 N–H and O–H groups in total. The quantitative estimate of drug-likeness (QED) is 0.839. The van der Waals surface area contributed by atoms with Crippen LogP contribution >= 0.6 is 0 Å². The Bertz CT molecular complexity index is 877. The summed E-state index contributed by atoms with van der Waals surface area (Å²) in [4.78, 5) is 21.5. The Morgan fingerprint density at radius 2 is 2.13 bits per heavy atom. The molecule has 2 aromatic rings. The molecule has 0 fully saturated rings. The van der Waals surface area contributed by atoms with Gasteiger partial charge in [0.25, 0.3) is 0 Å². The summed E-state index contributed by atoms with van der Waals surface area (Å²) in [5.74, 6) is -0.190. The number of primary amides is 1. The van der Waals surface area contributed by atoms with Gasteiger partial charge in [-0.1, -0.05) is 12.1 Å². The first-order valence-electron chi connectivity index (χ1n) is 6.93. The van der Waals surface area contributed by atoms with Gasteiger partial charge < -0.3 is 10.6 Å². The fraction of sp³-hybridized carbons (Fsp3) is 0.188. The molecule has 3 rings (SSSR count). The van der Waals surface area contributed by atoms with Crippen LogP contribution in [-0.2, 0) is 24.3 Å². The van der Waals surface area contributed by atoms with E-state index in [1.807, 2.05) is 6.07 Å². The van der Waals surface area contributed by atoms with Crippen LogP contribution in [0.15, 0.2) is 24.3 Å². The highest BCUT2D eigenvalue weighted by Crippen LogP contribution is 2.30. The van der Waals surface area contributed by atoms with Crippen LogP contribution in [0.4, 0.5) is 0 Å². The van der Waals surface area contributed by atoms with E-state index in [9.17, 15) is 4.79 Å². The smallest absolute Gasteiger partial charge is 0.225 e. The molecule has 7 heteroatoms. The number of carbonyl (C=O) groups is 1. The van der Waals surface area contributed by atoms with E-state index in [0.717, 1.165) is 16.8 Å². The number of aromatic nitrogens is 2. The van der Waals surface area contributed by atoms with Crippen LogP contribution in [0, 0.1) is 22.8 Å². The van der Waals surface area contributed by atoms with E-state index in [-0.39, 0.29) is 6.42 Å². The molecule has 0 unspecified atom stereocenters. The first-order chi connectivity index (χ1) is 11.1. The minimum Gasteiger partial charge on any atom is -0.369 e. The summed E-state index contributed by atoms with van der Waals surface area (Å²) in [6, 6.07) is 9.14. The lowest BCUT2D eigenvalue weighted by atomic mass is 10.0. The highest BCUT2D eigenvalue weighted by atomic mass is 16.1. The van der Waals surface area contributed by atoms with E-state index in [1.54, 1.807) is 23.1 Å². The first kappa shape index (κ1) is 14.5. The first-order valence-corrected chi connectivity index (χ1v) is 6.93. The fourth-order valence-electron chi connectivity index (χ4n) is 2.59. The molecule has 0 radical (unpaired) electrons. The second-order valence-corrected chi connectivity index (χ2v) is 5.21. The Kier molecular flexibility index (Phi) is 3.62. The summed E-state index contributed by atoms with van der Waals surface area (Å²) >= 11 is 0. The maximum atomic E-state index is 11.2. The van der Waals surface area contributed by atoms with Gasteiger partial charge in [-0.25, -0.2) is 9.97 Å². The van der Waals surface area contributed by atoms with E-state index in [2.05, 4.69) is 22.2 Å². The van der Waals surface area contributed by atoms with Gasteiger partial charge in [0.05, 0.1) is 42.5 Å². The summed E-state index contributed by atoms with van der Waals surface area (Å²) in [6.45, 7) is 0.792. The number of fused-ring (bicyclic) bond motifs is 1. The molecular formula is C16H12N6O. The molecule has 1 amide bonds. The van der Waals surface area contributed by atoms with Crippen molar-refractivity contribution in [3.05, 3.63) is 46.9 Å². The van der Waals surface area contributed by atoms with Gasteiger partial charge in [0, 0.05) is 11.1 Å². The van der Waals surface area contributed by atoms with Crippen molar-refractivity contribution in [1.29, 1.82) is 10.5 Å². The number of hydrogen-bond donors (Lipinski definition) is 1. The fourth-order valence-corrected chi connectivity index (χ4v) is 2.59. The summed E-state index contributed by atoms with van der Waals surface area (Å²) in [5, 5.41) is 18.2. The van der Waals surface area contributed by atoms with Crippen molar-refractivity contribution in [3.63, 3.8) is 0 Å². The molecule has 7 nitrogen and oxygen atoms in total. The zero-order valence-electron chi connectivity index (χ0n) is 12.2. The van der Waals surface area contributed by atoms with Crippen LogP contribution in [0.3, 0.4) is 0 Å². The van der Waals surface area contributed by atoms with Crippen molar-refractivity contribution < 1.29 is 4.79 Å². The third-order valence-corrected chi connectivity index (χ3v) is 3.57. The Balaban J connectivity index is 2.15. The molecule has 112 valence electrons. The molecule has 0 spiro atoms. The van der Waals surface area contributed by atoms with Gasteiger partial charge in [-0.2, -0.15) is 10.5 Å². The van der Waals surface area contributed by atoms with Gasteiger partial charge in [0.2, 0.25) is 5.91 Å². The van der Waals surface area contributed by atoms with Crippen molar-refractivity contribution in [3.8, 4) is 23.5 Å². The lowest BCUT2D eigenvalue weighted by Gasteiger charge is -2.09. The average molecular weight is 304 g/mol. The average Bonchev–Trinajstić information content (AvgIpc) is 2.96. The molecule has 23 heavy (non-hydrogen) atoms. The Morgan fingerprint density at radius 1 is 1.30 bits per heavy atom. The van der Waals surface area contributed by atoms with Gasteiger partial charge >= 0.3 is 0 Å². The molecule has 1 aliphatic heterocycles. The number of nitrogens with two attached hydrogens (primary N) is 1. The van der Waals surface area contributed by atoms with Crippen LogP contribution in [0.2, 0.25) is 0 Å². The maximum absolute atomic E-state index is 11.2. The highest BCUT2D eigenvalue weighted by Gasteiger charge is 2.25.